The Morgan fingerprint density at radius 3 is 2.77 bits per heavy atom. The summed E-state index contributed by atoms with van der Waals surface area (Å²) in [7, 11) is 0. The number of hydrogen-bond acceptors (Lipinski definition) is 5. The Morgan fingerprint density at radius 2 is 1.93 bits per heavy atom. The number of fused-ring (bicyclic) bond motifs is 2. The fourth-order valence-electron chi connectivity index (χ4n) is 4.84. The van der Waals surface area contributed by atoms with E-state index in [-0.39, 0.29) is 18.6 Å². The Kier molecular flexibility index (Phi) is 3.70. The molecule has 4 aliphatic heterocycles. The van der Waals surface area contributed by atoms with E-state index in [1.165, 1.54) is 0 Å². The highest BCUT2D eigenvalue weighted by atomic mass is 35.5. The van der Waals surface area contributed by atoms with Gasteiger partial charge in [0, 0.05) is 22.5 Å². The van der Waals surface area contributed by atoms with Gasteiger partial charge in [-0.15, -0.1) is 0 Å². The van der Waals surface area contributed by atoms with Crippen LogP contribution in [0.2, 0.25) is 5.02 Å². The van der Waals surface area contributed by atoms with Gasteiger partial charge in [-0.1, -0.05) is 23.8 Å². The first-order valence-electron chi connectivity index (χ1n) is 9.69. The van der Waals surface area contributed by atoms with Gasteiger partial charge in [-0.25, -0.2) is 0 Å². The Hall–Kier alpha value is -3.03. The molecule has 0 unspecified atom stereocenters. The maximum absolute atomic E-state index is 13.3. The van der Waals surface area contributed by atoms with Crippen LogP contribution in [0.4, 0.5) is 11.4 Å². The van der Waals surface area contributed by atoms with Gasteiger partial charge in [0.2, 0.25) is 18.6 Å². The van der Waals surface area contributed by atoms with Crippen LogP contribution in [0.3, 0.4) is 0 Å². The van der Waals surface area contributed by atoms with E-state index in [4.69, 9.17) is 25.8 Å². The number of carbonyl (C=O) groups excluding carboxylic acids is 2. The Morgan fingerprint density at radius 1 is 1.13 bits per heavy atom. The second kappa shape index (κ2) is 6.23. The van der Waals surface area contributed by atoms with Crippen LogP contribution in [-0.2, 0) is 14.3 Å². The van der Waals surface area contributed by atoms with Gasteiger partial charge in [-0.2, -0.15) is 0 Å². The third-order valence-corrected chi connectivity index (χ3v) is 6.43. The monoisotopic (exact) mass is 424 g/mol. The summed E-state index contributed by atoms with van der Waals surface area (Å²) in [5.74, 6) is -0.319. The Labute approximate surface area is 177 Å². The average molecular weight is 425 g/mol. The van der Waals surface area contributed by atoms with Crippen molar-refractivity contribution in [1.29, 1.82) is 0 Å². The molecule has 152 valence electrons. The molecule has 2 saturated heterocycles. The highest BCUT2D eigenvalue weighted by Gasteiger charge is 2.67. The third kappa shape index (κ3) is 2.49. The predicted molar refractivity (Wildman–Crippen MR) is 109 cm³/mol. The lowest BCUT2D eigenvalue weighted by Gasteiger charge is -2.23. The fraction of sp³-hybridized carbons (Fsp3) is 0.273. The zero-order chi connectivity index (χ0) is 20.5. The highest BCUT2D eigenvalue weighted by molar-refractivity contribution is 6.30. The molecule has 6 rings (SSSR count). The van der Waals surface area contributed by atoms with E-state index < -0.39 is 23.5 Å². The second-order valence-electron chi connectivity index (χ2n) is 7.86. The second-order valence-corrected chi connectivity index (χ2v) is 8.29. The van der Waals surface area contributed by atoms with Crippen molar-refractivity contribution < 1.29 is 23.8 Å². The van der Waals surface area contributed by atoms with Crippen molar-refractivity contribution in [2.45, 2.75) is 11.7 Å². The maximum Gasteiger partial charge on any atom is 0.234 e. The van der Waals surface area contributed by atoms with Gasteiger partial charge in [0.25, 0.3) is 0 Å². The molecular formula is C22H17ClN2O5. The van der Waals surface area contributed by atoms with E-state index in [1.54, 1.807) is 47.4 Å². The standard InChI is InChI=1S/C22H17ClN2O5/c23-12-1-4-14(5-2-12)25-10-22-8-7-16(30-22)18(19(22)21(25)27)20(26)24-13-3-6-15-17(9-13)29-11-28-15/h1-9,16,18-19H,10-11H2,(H,24,26)/t16-,18+,19+,22+/m1/s1. The summed E-state index contributed by atoms with van der Waals surface area (Å²) in [6, 6.07) is 12.3. The lowest BCUT2D eigenvalue weighted by Crippen LogP contribution is -2.41. The summed E-state index contributed by atoms with van der Waals surface area (Å²) < 4.78 is 16.8. The first kappa shape index (κ1) is 17.8. The molecule has 0 radical (unpaired) electrons. The molecule has 2 aromatic rings. The van der Waals surface area contributed by atoms with Crippen LogP contribution in [0.1, 0.15) is 0 Å². The van der Waals surface area contributed by atoms with Crippen LogP contribution >= 0.6 is 11.6 Å². The molecule has 2 fully saturated rings. The van der Waals surface area contributed by atoms with Crippen LogP contribution in [0, 0.1) is 11.8 Å². The first-order valence-corrected chi connectivity index (χ1v) is 10.1. The van der Waals surface area contributed by atoms with Gasteiger partial charge in [0.05, 0.1) is 24.5 Å². The number of amides is 2. The zero-order valence-corrected chi connectivity index (χ0v) is 16.5. The topological polar surface area (TPSA) is 77.1 Å². The normalized spacial score (nSPS) is 30.1. The molecule has 4 aliphatic rings. The molecule has 0 aromatic heterocycles. The quantitative estimate of drug-likeness (QED) is 0.766. The summed E-state index contributed by atoms with van der Waals surface area (Å²) >= 11 is 5.98. The van der Waals surface area contributed by atoms with Crippen molar-refractivity contribution in [2.75, 3.05) is 23.6 Å². The van der Waals surface area contributed by atoms with Crippen molar-refractivity contribution in [2.24, 2.45) is 11.8 Å². The molecule has 30 heavy (non-hydrogen) atoms. The van der Waals surface area contributed by atoms with Crippen molar-refractivity contribution in [3.05, 3.63) is 59.6 Å². The lowest BCUT2D eigenvalue weighted by atomic mass is 9.77. The third-order valence-electron chi connectivity index (χ3n) is 6.18. The summed E-state index contributed by atoms with van der Waals surface area (Å²) in [6.07, 6.45) is 3.40. The number of carbonyl (C=O) groups is 2. The van der Waals surface area contributed by atoms with Crippen molar-refractivity contribution >= 4 is 34.8 Å². The zero-order valence-electron chi connectivity index (χ0n) is 15.7. The summed E-state index contributed by atoms with van der Waals surface area (Å²) in [6.45, 7) is 0.536. The highest BCUT2D eigenvalue weighted by Crippen LogP contribution is 2.53. The number of anilines is 2. The van der Waals surface area contributed by atoms with Crippen LogP contribution < -0.4 is 19.7 Å². The number of rotatable bonds is 3. The lowest BCUT2D eigenvalue weighted by molar-refractivity contribution is -0.128. The van der Waals surface area contributed by atoms with Gasteiger partial charge in [0.15, 0.2) is 11.5 Å². The minimum atomic E-state index is -0.779. The van der Waals surface area contributed by atoms with Crippen LogP contribution in [-0.4, -0.2) is 36.9 Å². The predicted octanol–water partition coefficient (Wildman–Crippen LogP) is 2.99. The van der Waals surface area contributed by atoms with E-state index in [1.807, 2.05) is 12.2 Å². The van der Waals surface area contributed by atoms with Crippen LogP contribution in [0.15, 0.2) is 54.6 Å². The molecular weight excluding hydrogens is 408 g/mol. The molecule has 7 nitrogen and oxygen atoms in total. The molecule has 8 heteroatoms. The smallest absolute Gasteiger partial charge is 0.234 e. The molecule has 1 N–H and O–H groups in total. The molecule has 4 heterocycles. The maximum atomic E-state index is 13.3. The number of nitrogens with zero attached hydrogens (tertiary/aromatic N) is 1. The van der Waals surface area contributed by atoms with E-state index in [0.29, 0.717) is 28.8 Å². The minimum Gasteiger partial charge on any atom is -0.454 e. The Bertz CT molecular complexity index is 1100. The first-order chi connectivity index (χ1) is 14.5. The van der Waals surface area contributed by atoms with Crippen molar-refractivity contribution in [1.82, 2.24) is 0 Å². The van der Waals surface area contributed by atoms with E-state index in [0.717, 1.165) is 5.69 Å². The molecule has 2 amide bonds. The number of benzene rings is 2. The minimum absolute atomic E-state index is 0.116. The van der Waals surface area contributed by atoms with Gasteiger partial charge < -0.3 is 24.4 Å². The van der Waals surface area contributed by atoms with Gasteiger partial charge in [-0.05, 0) is 36.4 Å². The largest absolute Gasteiger partial charge is 0.454 e. The number of hydrogen-bond donors (Lipinski definition) is 1. The SMILES string of the molecule is O=C(Nc1ccc2c(c1)OCO2)[C@@H]1[C@H]2C(=O)N(c3ccc(Cl)cc3)C[C@@]23C=C[C@H]1O3. The van der Waals surface area contributed by atoms with Crippen molar-refractivity contribution in [3.63, 3.8) is 0 Å². The molecule has 4 atom stereocenters. The van der Waals surface area contributed by atoms with Crippen molar-refractivity contribution in [3.8, 4) is 11.5 Å². The van der Waals surface area contributed by atoms with Crippen LogP contribution in [0.25, 0.3) is 0 Å². The number of nitrogens with one attached hydrogen (secondary N) is 1. The van der Waals surface area contributed by atoms with Gasteiger partial charge in [-0.3, -0.25) is 9.59 Å². The number of halogens is 1. The number of ether oxygens (including phenoxy) is 3. The van der Waals surface area contributed by atoms with Gasteiger partial charge in [0.1, 0.15) is 5.60 Å². The summed E-state index contributed by atoms with van der Waals surface area (Å²) in [5.41, 5.74) is 0.548. The summed E-state index contributed by atoms with van der Waals surface area (Å²) in [4.78, 5) is 28.2. The van der Waals surface area contributed by atoms with E-state index >= 15 is 0 Å². The summed E-state index contributed by atoms with van der Waals surface area (Å²) in [5, 5.41) is 3.51. The van der Waals surface area contributed by atoms with Gasteiger partial charge >= 0.3 is 0 Å². The molecule has 0 aliphatic carbocycles. The fourth-order valence-corrected chi connectivity index (χ4v) is 4.96. The molecule has 2 aromatic carbocycles. The molecule has 2 bridgehead atoms. The Balaban J connectivity index is 1.28. The van der Waals surface area contributed by atoms with E-state index in [9.17, 15) is 9.59 Å². The molecule has 0 saturated carbocycles. The molecule has 1 spiro atoms. The van der Waals surface area contributed by atoms with E-state index in [2.05, 4.69) is 5.32 Å². The average Bonchev–Trinajstić information content (AvgIpc) is 3.49. The van der Waals surface area contributed by atoms with Crippen LogP contribution in [0.5, 0.6) is 11.5 Å².